The molecule has 0 rings (SSSR count). The molecule has 52 heavy (non-hydrogen) atoms. The van der Waals surface area contributed by atoms with Crippen molar-refractivity contribution in [1.82, 2.24) is 5.32 Å². The Kier molecular flexibility index (Phi) is 39.6. The van der Waals surface area contributed by atoms with E-state index in [1.54, 1.807) is 0 Å². The summed E-state index contributed by atoms with van der Waals surface area (Å²) in [5.41, 5.74) is 0. The zero-order valence-corrected chi connectivity index (χ0v) is 34.3. The van der Waals surface area contributed by atoms with E-state index in [4.69, 9.17) is 0 Å². The second-order valence-corrected chi connectivity index (χ2v) is 15.4. The van der Waals surface area contributed by atoms with Gasteiger partial charge in [0.15, 0.2) is 0 Å². The number of amides is 1. The first kappa shape index (κ1) is 50.5. The molecular weight excluding hydrogens is 647 g/mol. The predicted octanol–water partition coefficient (Wildman–Crippen LogP) is 11.7. The molecule has 0 aromatic rings. The number of aliphatic hydroxyl groups is 4. The molecule has 0 saturated heterocycles. The number of allylic oxidation sites excluding steroid dienone is 6. The standard InChI is InChI=1S/C46H87NO5/c1-3-5-7-9-11-13-14-15-16-17-18-19-20-21-22-23-24-25-26-27-28-29-30-31-32-34-35-37-39-43(49)45(51)42(41-48)47-46(52)44(50)40-38-36-33-12-10-8-6-4-2/h24-25,28-29,32,34,42-45,48-51H,3-23,26-27,30-31,33,35-41H2,1-2H3,(H,47,52)/b25-24+,29-28+,34-32+. The van der Waals surface area contributed by atoms with E-state index in [0.29, 0.717) is 19.3 Å². The van der Waals surface area contributed by atoms with E-state index in [9.17, 15) is 25.2 Å². The van der Waals surface area contributed by atoms with Gasteiger partial charge in [0.05, 0.1) is 18.8 Å². The number of rotatable bonds is 40. The normalized spacial score (nSPS) is 14.5. The van der Waals surface area contributed by atoms with Crippen molar-refractivity contribution in [1.29, 1.82) is 0 Å². The largest absolute Gasteiger partial charge is 0.394 e. The minimum Gasteiger partial charge on any atom is -0.394 e. The Labute approximate surface area is 322 Å². The van der Waals surface area contributed by atoms with Crippen molar-refractivity contribution >= 4 is 5.91 Å². The molecule has 4 unspecified atom stereocenters. The second kappa shape index (κ2) is 40.7. The SMILES string of the molecule is CCCCCCCCCCCCCCCCC/C=C/CC/C=C/CC/C=C/CCCC(O)C(O)C(CO)NC(=O)C(O)CCCCCCCCCC. The van der Waals surface area contributed by atoms with Crippen molar-refractivity contribution in [3.63, 3.8) is 0 Å². The Morgan fingerprint density at radius 2 is 0.808 bits per heavy atom. The average molecular weight is 734 g/mol. The lowest BCUT2D eigenvalue weighted by molar-refractivity contribution is -0.132. The fraction of sp³-hybridized carbons (Fsp3) is 0.848. The second-order valence-electron chi connectivity index (χ2n) is 15.4. The minimum atomic E-state index is -1.29. The van der Waals surface area contributed by atoms with E-state index in [0.717, 1.165) is 51.4 Å². The molecule has 6 heteroatoms. The van der Waals surface area contributed by atoms with Crippen LogP contribution < -0.4 is 5.32 Å². The van der Waals surface area contributed by atoms with E-state index >= 15 is 0 Å². The van der Waals surface area contributed by atoms with Crippen LogP contribution in [0.4, 0.5) is 0 Å². The summed E-state index contributed by atoms with van der Waals surface area (Å²) in [6.07, 6.45) is 47.9. The van der Waals surface area contributed by atoms with Gasteiger partial charge in [-0.05, 0) is 64.2 Å². The van der Waals surface area contributed by atoms with Gasteiger partial charge in [-0.15, -0.1) is 0 Å². The Balaban J connectivity index is 3.72. The molecule has 0 bridgehead atoms. The van der Waals surface area contributed by atoms with Gasteiger partial charge < -0.3 is 25.7 Å². The van der Waals surface area contributed by atoms with Crippen molar-refractivity contribution in [2.75, 3.05) is 6.61 Å². The summed E-state index contributed by atoms with van der Waals surface area (Å²) in [6.45, 7) is 3.99. The average Bonchev–Trinajstić information content (AvgIpc) is 3.15. The highest BCUT2D eigenvalue weighted by Crippen LogP contribution is 2.15. The van der Waals surface area contributed by atoms with Gasteiger partial charge in [-0.25, -0.2) is 0 Å². The van der Waals surface area contributed by atoms with Crippen LogP contribution in [0, 0.1) is 0 Å². The molecule has 5 N–H and O–H groups in total. The maximum Gasteiger partial charge on any atom is 0.249 e. The predicted molar refractivity (Wildman–Crippen MR) is 224 cm³/mol. The van der Waals surface area contributed by atoms with Crippen LogP contribution in [0.5, 0.6) is 0 Å². The third-order valence-corrected chi connectivity index (χ3v) is 10.3. The van der Waals surface area contributed by atoms with Crippen molar-refractivity contribution in [3.8, 4) is 0 Å². The molecular formula is C46H87NO5. The molecule has 0 aliphatic rings. The van der Waals surface area contributed by atoms with E-state index < -0.39 is 36.9 Å². The van der Waals surface area contributed by atoms with Crippen LogP contribution in [-0.4, -0.2) is 57.3 Å². The number of aliphatic hydroxyl groups excluding tert-OH is 4. The van der Waals surface area contributed by atoms with Crippen molar-refractivity contribution in [2.24, 2.45) is 0 Å². The Morgan fingerprint density at radius 3 is 1.21 bits per heavy atom. The topological polar surface area (TPSA) is 110 Å². The van der Waals surface area contributed by atoms with Crippen LogP contribution in [0.25, 0.3) is 0 Å². The monoisotopic (exact) mass is 734 g/mol. The highest BCUT2D eigenvalue weighted by molar-refractivity contribution is 5.80. The van der Waals surface area contributed by atoms with Crippen LogP contribution in [0.15, 0.2) is 36.5 Å². The van der Waals surface area contributed by atoms with Crippen molar-refractivity contribution in [2.45, 2.75) is 244 Å². The van der Waals surface area contributed by atoms with E-state index in [-0.39, 0.29) is 0 Å². The summed E-state index contributed by atoms with van der Waals surface area (Å²) >= 11 is 0. The Morgan fingerprint density at radius 1 is 0.462 bits per heavy atom. The number of unbranched alkanes of at least 4 members (excludes halogenated alkanes) is 25. The number of hydrogen-bond acceptors (Lipinski definition) is 5. The molecule has 0 spiro atoms. The van der Waals surface area contributed by atoms with Crippen LogP contribution in [0.3, 0.4) is 0 Å². The maximum atomic E-state index is 12.4. The third kappa shape index (κ3) is 34.3. The highest BCUT2D eigenvalue weighted by atomic mass is 16.3. The number of carbonyl (C=O) groups excluding carboxylic acids is 1. The van der Waals surface area contributed by atoms with Gasteiger partial charge in [0.1, 0.15) is 12.2 Å². The van der Waals surface area contributed by atoms with Crippen molar-refractivity contribution in [3.05, 3.63) is 36.5 Å². The molecule has 6 nitrogen and oxygen atoms in total. The molecule has 306 valence electrons. The van der Waals surface area contributed by atoms with Crippen LogP contribution in [0.2, 0.25) is 0 Å². The zero-order chi connectivity index (χ0) is 38.2. The smallest absolute Gasteiger partial charge is 0.249 e. The molecule has 0 heterocycles. The first-order chi connectivity index (χ1) is 25.5. The first-order valence-corrected chi connectivity index (χ1v) is 22.4. The van der Waals surface area contributed by atoms with Gasteiger partial charge in [-0.1, -0.05) is 192 Å². The van der Waals surface area contributed by atoms with E-state index in [2.05, 4.69) is 55.6 Å². The quantitative estimate of drug-likeness (QED) is 0.0318. The minimum absolute atomic E-state index is 0.358. The molecule has 0 aliphatic heterocycles. The highest BCUT2D eigenvalue weighted by Gasteiger charge is 2.28. The maximum absolute atomic E-state index is 12.4. The van der Waals surface area contributed by atoms with Crippen LogP contribution in [-0.2, 0) is 4.79 Å². The molecule has 0 radical (unpaired) electrons. The lowest BCUT2D eigenvalue weighted by atomic mass is 10.00. The summed E-state index contributed by atoms with van der Waals surface area (Å²) in [5.74, 6) is -0.604. The first-order valence-electron chi connectivity index (χ1n) is 22.4. The molecule has 4 atom stereocenters. The summed E-state index contributed by atoms with van der Waals surface area (Å²) in [4.78, 5) is 12.4. The van der Waals surface area contributed by atoms with Gasteiger partial charge in [0, 0.05) is 0 Å². The number of carbonyl (C=O) groups is 1. The van der Waals surface area contributed by atoms with Crippen LogP contribution >= 0.6 is 0 Å². The molecule has 1 amide bonds. The van der Waals surface area contributed by atoms with Crippen LogP contribution in [0.1, 0.15) is 219 Å². The molecule has 0 saturated carbocycles. The summed E-state index contributed by atoms with van der Waals surface area (Å²) in [7, 11) is 0. The van der Waals surface area contributed by atoms with Gasteiger partial charge in [-0.3, -0.25) is 4.79 Å². The van der Waals surface area contributed by atoms with Gasteiger partial charge >= 0.3 is 0 Å². The van der Waals surface area contributed by atoms with E-state index in [1.165, 1.54) is 135 Å². The van der Waals surface area contributed by atoms with Crippen molar-refractivity contribution < 1.29 is 25.2 Å². The lowest BCUT2D eigenvalue weighted by Crippen LogP contribution is -2.53. The van der Waals surface area contributed by atoms with E-state index in [1.807, 2.05) is 0 Å². The molecule has 0 fully saturated rings. The lowest BCUT2D eigenvalue weighted by Gasteiger charge is -2.27. The van der Waals surface area contributed by atoms with Gasteiger partial charge in [-0.2, -0.15) is 0 Å². The van der Waals surface area contributed by atoms with Gasteiger partial charge in [0.25, 0.3) is 0 Å². The zero-order valence-electron chi connectivity index (χ0n) is 34.3. The summed E-state index contributed by atoms with van der Waals surface area (Å²) in [6, 6.07) is -1.01. The molecule has 0 aliphatic carbocycles. The fourth-order valence-corrected chi connectivity index (χ4v) is 6.73. The van der Waals surface area contributed by atoms with Gasteiger partial charge in [0.2, 0.25) is 5.91 Å². The Bertz CT molecular complexity index is 828. The number of nitrogens with one attached hydrogen (secondary N) is 1. The Hall–Kier alpha value is -1.47. The number of hydrogen-bond donors (Lipinski definition) is 5. The molecule has 0 aromatic carbocycles. The summed E-state index contributed by atoms with van der Waals surface area (Å²) < 4.78 is 0. The summed E-state index contributed by atoms with van der Waals surface area (Å²) in [5, 5.41) is 43.4. The third-order valence-electron chi connectivity index (χ3n) is 10.3. The molecule has 0 aromatic heterocycles. The fourth-order valence-electron chi connectivity index (χ4n) is 6.73.